The summed E-state index contributed by atoms with van der Waals surface area (Å²) in [6.45, 7) is 0. The third-order valence-corrected chi connectivity index (χ3v) is 4.59. The molecule has 0 saturated heterocycles. The lowest BCUT2D eigenvalue weighted by atomic mass is 9.80. The second-order valence-corrected chi connectivity index (χ2v) is 5.56. The van der Waals surface area contributed by atoms with Gasteiger partial charge in [0.2, 0.25) is 0 Å². The van der Waals surface area contributed by atoms with Gasteiger partial charge in [-0.15, -0.1) is 0 Å². The molecular weight excluding hydrogens is 220 g/mol. The Morgan fingerprint density at radius 3 is 2.28 bits per heavy atom. The molecule has 92 valence electrons. The summed E-state index contributed by atoms with van der Waals surface area (Å²) >= 11 is 0. The average Bonchev–Trinajstić information content (AvgIpc) is 2.44. The molecule has 0 heterocycles. The molecule has 0 unspecified atom stereocenters. The topological polar surface area (TPSA) is 9.23 Å². The van der Waals surface area contributed by atoms with Crippen molar-refractivity contribution in [1.29, 1.82) is 0 Å². The average molecular weight is 238 g/mol. The van der Waals surface area contributed by atoms with E-state index in [1.54, 1.807) is 10.9 Å². The van der Waals surface area contributed by atoms with Crippen LogP contribution in [0.15, 0.2) is 18.2 Å². The third kappa shape index (κ3) is 1.28. The molecular formula is C17H18O. The van der Waals surface area contributed by atoms with E-state index in [1.807, 2.05) is 7.11 Å². The lowest BCUT2D eigenvalue weighted by molar-refractivity contribution is 0.409. The van der Waals surface area contributed by atoms with E-state index in [1.165, 1.54) is 60.6 Å². The van der Waals surface area contributed by atoms with Crippen LogP contribution < -0.4 is 4.74 Å². The van der Waals surface area contributed by atoms with Gasteiger partial charge >= 0.3 is 0 Å². The molecule has 0 amide bonds. The molecule has 0 aromatic heterocycles. The molecule has 1 nitrogen and oxygen atoms in total. The van der Waals surface area contributed by atoms with E-state index in [-0.39, 0.29) is 0 Å². The molecule has 4 rings (SSSR count). The number of hydrogen-bond acceptors (Lipinski definition) is 1. The van der Waals surface area contributed by atoms with Crippen LogP contribution in [0.1, 0.15) is 35.1 Å². The minimum absolute atomic E-state index is 1.12. The Morgan fingerprint density at radius 2 is 1.50 bits per heavy atom. The highest BCUT2D eigenvalue weighted by Crippen LogP contribution is 2.41. The van der Waals surface area contributed by atoms with E-state index < -0.39 is 0 Å². The molecule has 18 heavy (non-hydrogen) atoms. The molecule has 0 radical (unpaired) electrons. The van der Waals surface area contributed by atoms with Crippen molar-refractivity contribution in [1.82, 2.24) is 0 Å². The summed E-state index contributed by atoms with van der Waals surface area (Å²) in [5.41, 5.74) is 6.06. The number of ether oxygens (including phenoxy) is 1. The molecule has 2 aromatic carbocycles. The van der Waals surface area contributed by atoms with Crippen molar-refractivity contribution in [2.75, 3.05) is 7.11 Å². The highest BCUT2D eigenvalue weighted by Gasteiger charge is 2.22. The van der Waals surface area contributed by atoms with Crippen molar-refractivity contribution < 1.29 is 4.74 Å². The maximum absolute atomic E-state index is 5.64. The first-order valence-electron chi connectivity index (χ1n) is 7.01. The van der Waals surface area contributed by atoms with E-state index in [2.05, 4.69) is 18.2 Å². The highest BCUT2D eigenvalue weighted by atomic mass is 16.5. The van der Waals surface area contributed by atoms with Crippen LogP contribution in [0, 0.1) is 0 Å². The molecule has 0 fully saturated rings. The van der Waals surface area contributed by atoms with Gasteiger partial charge in [0.1, 0.15) is 5.75 Å². The van der Waals surface area contributed by atoms with Crippen LogP contribution in [0.4, 0.5) is 0 Å². The van der Waals surface area contributed by atoms with Gasteiger partial charge < -0.3 is 4.74 Å². The maximum atomic E-state index is 5.64. The standard InChI is InChI=1S/C17H18O/c1-18-15-10-13-6-2-4-11-8-9-12-5-3-7-14(15)17(12)16(11)13/h8-10H,2-7H2,1H3. The van der Waals surface area contributed by atoms with Gasteiger partial charge in [0, 0.05) is 5.56 Å². The summed E-state index contributed by atoms with van der Waals surface area (Å²) in [6, 6.07) is 7.02. The molecule has 0 bridgehead atoms. The zero-order valence-electron chi connectivity index (χ0n) is 10.9. The van der Waals surface area contributed by atoms with Gasteiger partial charge in [0.25, 0.3) is 0 Å². The predicted molar refractivity (Wildman–Crippen MR) is 74.6 cm³/mol. The minimum Gasteiger partial charge on any atom is -0.496 e. The zero-order chi connectivity index (χ0) is 12.1. The van der Waals surface area contributed by atoms with Gasteiger partial charge in [-0.3, -0.25) is 0 Å². The van der Waals surface area contributed by atoms with E-state index in [0.717, 1.165) is 5.75 Å². The first kappa shape index (κ1) is 10.4. The Balaban J connectivity index is 2.19. The summed E-state index contributed by atoms with van der Waals surface area (Å²) in [5, 5.41) is 3.10. The molecule has 0 N–H and O–H groups in total. The lowest BCUT2D eigenvalue weighted by Crippen LogP contribution is -2.10. The summed E-state index contributed by atoms with van der Waals surface area (Å²) in [5.74, 6) is 1.12. The van der Waals surface area contributed by atoms with Crippen LogP contribution in [0.3, 0.4) is 0 Å². The Kier molecular flexibility index (Phi) is 2.17. The molecule has 1 heteroatoms. The summed E-state index contributed by atoms with van der Waals surface area (Å²) < 4.78 is 5.64. The van der Waals surface area contributed by atoms with Gasteiger partial charge in [-0.25, -0.2) is 0 Å². The fourth-order valence-corrected chi connectivity index (χ4v) is 3.81. The number of hydrogen-bond donors (Lipinski definition) is 0. The van der Waals surface area contributed by atoms with Crippen LogP contribution in [-0.4, -0.2) is 7.11 Å². The number of benzene rings is 2. The Morgan fingerprint density at radius 1 is 0.833 bits per heavy atom. The van der Waals surface area contributed by atoms with E-state index >= 15 is 0 Å². The van der Waals surface area contributed by atoms with Crippen LogP contribution in [0.2, 0.25) is 0 Å². The molecule has 0 spiro atoms. The SMILES string of the molecule is COc1cc2c3c(ccc4c3c1CCC4)CCC2. The summed E-state index contributed by atoms with van der Waals surface area (Å²) in [4.78, 5) is 0. The Bertz CT molecular complexity index is 640. The zero-order valence-corrected chi connectivity index (χ0v) is 10.9. The van der Waals surface area contributed by atoms with E-state index in [9.17, 15) is 0 Å². The van der Waals surface area contributed by atoms with Crippen molar-refractivity contribution >= 4 is 10.8 Å². The van der Waals surface area contributed by atoms with Gasteiger partial charge in [0.05, 0.1) is 7.11 Å². The first-order chi connectivity index (χ1) is 8.88. The van der Waals surface area contributed by atoms with E-state index in [4.69, 9.17) is 4.74 Å². The van der Waals surface area contributed by atoms with Crippen molar-refractivity contribution in [3.63, 3.8) is 0 Å². The van der Waals surface area contributed by atoms with Gasteiger partial charge in [-0.1, -0.05) is 12.1 Å². The second kappa shape index (κ2) is 3.74. The van der Waals surface area contributed by atoms with Crippen LogP contribution in [0.5, 0.6) is 5.75 Å². The Labute approximate surface area is 108 Å². The molecule has 2 aromatic rings. The molecule has 0 aliphatic heterocycles. The normalized spacial score (nSPS) is 16.9. The maximum Gasteiger partial charge on any atom is 0.122 e. The van der Waals surface area contributed by atoms with Gasteiger partial charge in [-0.05, 0) is 72.1 Å². The van der Waals surface area contributed by atoms with Gasteiger partial charge in [0.15, 0.2) is 0 Å². The monoisotopic (exact) mass is 238 g/mol. The largest absolute Gasteiger partial charge is 0.496 e. The van der Waals surface area contributed by atoms with Gasteiger partial charge in [-0.2, -0.15) is 0 Å². The molecule has 0 saturated carbocycles. The third-order valence-electron chi connectivity index (χ3n) is 4.59. The first-order valence-corrected chi connectivity index (χ1v) is 7.01. The predicted octanol–water partition coefficient (Wildman–Crippen LogP) is 3.83. The van der Waals surface area contributed by atoms with Crippen LogP contribution in [0.25, 0.3) is 10.8 Å². The van der Waals surface area contributed by atoms with Crippen molar-refractivity contribution in [2.24, 2.45) is 0 Å². The second-order valence-electron chi connectivity index (χ2n) is 5.56. The lowest BCUT2D eigenvalue weighted by Gasteiger charge is -2.26. The quantitative estimate of drug-likeness (QED) is 0.733. The van der Waals surface area contributed by atoms with E-state index in [0.29, 0.717) is 0 Å². The number of aryl methyl sites for hydroxylation is 4. The van der Waals surface area contributed by atoms with Crippen molar-refractivity contribution in [2.45, 2.75) is 38.5 Å². The fraction of sp³-hybridized carbons (Fsp3) is 0.412. The van der Waals surface area contributed by atoms with Crippen LogP contribution in [-0.2, 0) is 25.7 Å². The fourth-order valence-electron chi connectivity index (χ4n) is 3.81. The minimum atomic E-state index is 1.12. The smallest absolute Gasteiger partial charge is 0.122 e. The van der Waals surface area contributed by atoms with Crippen molar-refractivity contribution in [3.8, 4) is 5.75 Å². The molecule has 2 aliphatic carbocycles. The molecule has 2 aliphatic rings. The Hall–Kier alpha value is -1.50. The summed E-state index contributed by atoms with van der Waals surface area (Å²) in [7, 11) is 1.81. The number of methoxy groups -OCH3 is 1. The number of rotatable bonds is 1. The van der Waals surface area contributed by atoms with Crippen molar-refractivity contribution in [3.05, 3.63) is 40.5 Å². The molecule has 0 atom stereocenters. The summed E-state index contributed by atoms with van der Waals surface area (Å²) in [6.07, 6.45) is 7.41. The highest BCUT2D eigenvalue weighted by molar-refractivity contribution is 5.97. The van der Waals surface area contributed by atoms with Crippen LogP contribution >= 0.6 is 0 Å².